The summed E-state index contributed by atoms with van der Waals surface area (Å²) in [6.45, 7) is 2.59. The van der Waals surface area contributed by atoms with Gasteiger partial charge in [-0.1, -0.05) is 30.3 Å². The maximum atomic E-state index is 12.5. The summed E-state index contributed by atoms with van der Waals surface area (Å²) in [7, 11) is 0. The fourth-order valence-corrected chi connectivity index (χ4v) is 5.76. The Morgan fingerprint density at radius 1 is 1.07 bits per heavy atom. The van der Waals surface area contributed by atoms with Crippen LogP contribution in [0.3, 0.4) is 0 Å². The molecule has 1 aliphatic rings. The first-order valence-electron chi connectivity index (χ1n) is 9.95. The highest BCUT2D eigenvalue weighted by molar-refractivity contribution is 7.13. The number of aryl methyl sites for hydroxylation is 4. The minimum Gasteiger partial charge on any atom is -0.351 e. The highest BCUT2D eigenvalue weighted by Crippen LogP contribution is 2.27. The van der Waals surface area contributed by atoms with Crippen molar-refractivity contribution in [3.05, 3.63) is 67.1 Å². The van der Waals surface area contributed by atoms with Crippen molar-refractivity contribution in [3.63, 3.8) is 0 Å². The lowest BCUT2D eigenvalue weighted by Crippen LogP contribution is -2.24. The van der Waals surface area contributed by atoms with Crippen molar-refractivity contribution in [3.8, 4) is 0 Å². The maximum absolute atomic E-state index is 12.5. The number of fused-ring (bicyclic) bond motifs is 1. The molecular weight excluding hydrogens is 386 g/mol. The molecule has 0 saturated carbocycles. The lowest BCUT2D eigenvalue weighted by Gasteiger charge is -2.06. The van der Waals surface area contributed by atoms with Crippen LogP contribution in [0, 0.1) is 6.92 Å². The lowest BCUT2D eigenvalue weighted by molar-refractivity contribution is 0.0956. The molecule has 0 radical (unpaired) electrons. The molecule has 4 nitrogen and oxygen atoms in total. The molecule has 0 bridgehead atoms. The van der Waals surface area contributed by atoms with E-state index in [1.54, 1.807) is 0 Å². The van der Waals surface area contributed by atoms with E-state index in [0.717, 1.165) is 41.3 Å². The van der Waals surface area contributed by atoms with Gasteiger partial charge in [-0.25, -0.2) is 9.97 Å². The minimum atomic E-state index is -0.00672. The summed E-state index contributed by atoms with van der Waals surface area (Å²) in [6, 6.07) is 10.3. The molecule has 1 N–H and O–H groups in total. The summed E-state index contributed by atoms with van der Waals surface area (Å²) < 4.78 is 0. The van der Waals surface area contributed by atoms with E-state index >= 15 is 0 Å². The highest BCUT2D eigenvalue weighted by atomic mass is 32.1. The van der Waals surface area contributed by atoms with E-state index in [9.17, 15) is 4.79 Å². The zero-order chi connectivity index (χ0) is 19.3. The fourth-order valence-electron chi connectivity index (χ4n) is 3.54. The number of carbonyl (C=O) groups excluding carboxylic acids is 1. The summed E-state index contributed by atoms with van der Waals surface area (Å²) in [4.78, 5) is 24.1. The van der Waals surface area contributed by atoms with Crippen LogP contribution in [0.25, 0.3) is 0 Å². The number of aromatic nitrogens is 2. The second-order valence-corrected chi connectivity index (χ2v) is 9.48. The average Bonchev–Trinajstić information content (AvgIpc) is 3.28. The van der Waals surface area contributed by atoms with Gasteiger partial charge in [0.25, 0.3) is 5.91 Å². The third-order valence-corrected chi connectivity index (χ3v) is 7.36. The van der Waals surface area contributed by atoms with Gasteiger partial charge in [0.15, 0.2) is 0 Å². The molecule has 2 heterocycles. The number of amides is 1. The van der Waals surface area contributed by atoms with Crippen LogP contribution in [0.4, 0.5) is 0 Å². The predicted octanol–water partition coefficient (Wildman–Crippen LogP) is 4.74. The summed E-state index contributed by atoms with van der Waals surface area (Å²) in [6.07, 6.45) is 7.54. The van der Waals surface area contributed by atoms with Crippen LogP contribution in [0.1, 0.15) is 60.8 Å². The van der Waals surface area contributed by atoms with E-state index in [0.29, 0.717) is 6.54 Å². The van der Waals surface area contributed by atoms with Crippen molar-refractivity contribution in [1.29, 1.82) is 0 Å². The number of benzene rings is 1. The van der Waals surface area contributed by atoms with Crippen molar-refractivity contribution >= 4 is 28.6 Å². The zero-order valence-electron chi connectivity index (χ0n) is 16.2. The molecular formula is C22H25N3OS2. The quantitative estimate of drug-likeness (QED) is 0.571. The molecule has 2 aromatic heterocycles. The van der Waals surface area contributed by atoms with E-state index in [2.05, 4.69) is 22.4 Å². The topological polar surface area (TPSA) is 54.9 Å². The number of hydrogen-bond acceptors (Lipinski definition) is 5. The average molecular weight is 412 g/mol. The van der Waals surface area contributed by atoms with Gasteiger partial charge in [0.05, 0.1) is 21.4 Å². The van der Waals surface area contributed by atoms with Gasteiger partial charge in [-0.05, 0) is 44.6 Å². The third-order valence-electron chi connectivity index (χ3n) is 4.99. The van der Waals surface area contributed by atoms with Crippen molar-refractivity contribution in [2.45, 2.75) is 51.9 Å². The molecule has 28 heavy (non-hydrogen) atoms. The summed E-state index contributed by atoms with van der Waals surface area (Å²) in [5.41, 5.74) is 3.36. The Morgan fingerprint density at radius 3 is 2.71 bits per heavy atom. The predicted molar refractivity (Wildman–Crippen MR) is 116 cm³/mol. The largest absolute Gasteiger partial charge is 0.351 e. The van der Waals surface area contributed by atoms with Gasteiger partial charge in [0.1, 0.15) is 4.88 Å². The van der Waals surface area contributed by atoms with Crippen LogP contribution in [0.2, 0.25) is 0 Å². The molecule has 0 aliphatic heterocycles. The van der Waals surface area contributed by atoms with Gasteiger partial charge in [-0.2, -0.15) is 0 Å². The van der Waals surface area contributed by atoms with Crippen LogP contribution < -0.4 is 5.32 Å². The Hall–Kier alpha value is -2.05. The molecule has 1 aliphatic carbocycles. The zero-order valence-corrected chi connectivity index (χ0v) is 17.8. The first-order chi connectivity index (χ1) is 13.7. The first-order valence-corrected chi connectivity index (χ1v) is 11.6. The van der Waals surface area contributed by atoms with E-state index in [1.165, 1.54) is 51.7 Å². The summed E-state index contributed by atoms with van der Waals surface area (Å²) in [5.74, 6) is -0.00672. The van der Waals surface area contributed by atoms with Gasteiger partial charge >= 0.3 is 0 Å². The minimum absolute atomic E-state index is 0.00672. The van der Waals surface area contributed by atoms with E-state index in [4.69, 9.17) is 4.98 Å². The van der Waals surface area contributed by atoms with Crippen LogP contribution in [-0.4, -0.2) is 22.4 Å². The van der Waals surface area contributed by atoms with Gasteiger partial charge in [-0.3, -0.25) is 4.79 Å². The Morgan fingerprint density at radius 2 is 1.89 bits per heavy atom. The smallest absolute Gasteiger partial charge is 0.263 e. The maximum Gasteiger partial charge on any atom is 0.263 e. The summed E-state index contributed by atoms with van der Waals surface area (Å²) in [5, 5.41) is 5.27. The second kappa shape index (κ2) is 8.97. The Labute approximate surface area is 174 Å². The number of rotatable bonds is 7. The normalized spacial score (nSPS) is 13.3. The monoisotopic (exact) mass is 411 g/mol. The lowest BCUT2D eigenvalue weighted by atomic mass is 10.0. The number of nitrogens with one attached hydrogen (secondary N) is 1. The van der Waals surface area contributed by atoms with Crippen LogP contribution in [0.5, 0.6) is 0 Å². The second-order valence-electron chi connectivity index (χ2n) is 7.23. The third kappa shape index (κ3) is 4.67. The van der Waals surface area contributed by atoms with E-state index < -0.39 is 0 Å². The molecule has 0 fully saturated rings. The Balaban J connectivity index is 1.27. The molecule has 0 unspecified atom stereocenters. The molecule has 0 saturated heterocycles. The van der Waals surface area contributed by atoms with Crippen molar-refractivity contribution in [2.75, 3.05) is 6.54 Å². The van der Waals surface area contributed by atoms with Crippen molar-refractivity contribution in [1.82, 2.24) is 15.3 Å². The fraction of sp³-hybridized carbons (Fsp3) is 0.409. The molecule has 1 amide bonds. The van der Waals surface area contributed by atoms with E-state index in [1.807, 2.05) is 36.5 Å². The number of thiazole rings is 2. The SMILES string of the molecule is Cc1nc(Cc2ccccc2)sc1C(=O)NCCCc1nc2c(s1)CCCC2. The molecule has 0 atom stereocenters. The standard InChI is InChI=1S/C22H25N3OS2/c1-15-21(28-20(24-15)14-16-8-3-2-4-9-16)22(26)23-13-7-12-19-25-17-10-5-6-11-18(17)27-19/h2-4,8-9H,5-7,10-14H2,1H3,(H,23,26). The van der Waals surface area contributed by atoms with Gasteiger partial charge in [0, 0.05) is 24.3 Å². The Bertz CT molecular complexity index is 923. The van der Waals surface area contributed by atoms with Crippen LogP contribution >= 0.6 is 22.7 Å². The molecule has 4 rings (SSSR count). The van der Waals surface area contributed by atoms with Gasteiger partial charge < -0.3 is 5.32 Å². The molecule has 0 spiro atoms. The van der Waals surface area contributed by atoms with E-state index in [-0.39, 0.29) is 5.91 Å². The van der Waals surface area contributed by atoms with Gasteiger partial charge in [-0.15, -0.1) is 22.7 Å². The Kier molecular flexibility index (Phi) is 6.17. The first kappa shape index (κ1) is 19.3. The van der Waals surface area contributed by atoms with Crippen molar-refractivity contribution < 1.29 is 4.79 Å². The van der Waals surface area contributed by atoms with Gasteiger partial charge in [0.2, 0.25) is 0 Å². The van der Waals surface area contributed by atoms with Crippen LogP contribution in [-0.2, 0) is 25.7 Å². The summed E-state index contributed by atoms with van der Waals surface area (Å²) >= 11 is 3.37. The molecule has 1 aromatic carbocycles. The van der Waals surface area contributed by atoms with Crippen LogP contribution in [0.15, 0.2) is 30.3 Å². The number of hydrogen-bond donors (Lipinski definition) is 1. The molecule has 146 valence electrons. The number of carbonyl (C=O) groups is 1. The number of nitrogens with zero attached hydrogens (tertiary/aromatic N) is 2. The molecule has 6 heteroatoms. The molecule has 3 aromatic rings. The van der Waals surface area contributed by atoms with Crippen molar-refractivity contribution in [2.24, 2.45) is 0 Å². The highest BCUT2D eigenvalue weighted by Gasteiger charge is 2.16.